The SMILES string of the molecule is O=C1C(=O)N(Cc2ccccc2)[C@@H](c2cccc(Cl)c2)C1=C(O)c1ccc2c(c1)OCCO2. The molecule has 0 aliphatic carbocycles. The summed E-state index contributed by atoms with van der Waals surface area (Å²) in [6.07, 6.45) is 0. The number of nitrogens with zero attached hydrogens (tertiary/aromatic N) is 1. The molecule has 0 spiro atoms. The Hall–Kier alpha value is -3.77. The van der Waals surface area contributed by atoms with Gasteiger partial charge in [0.05, 0.1) is 11.6 Å². The van der Waals surface area contributed by atoms with Gasteiger partial charge in [0.2, 0.25) is 0 Å². The number of likely N-dealkylation sites (tertiary alicyclic amines) is 1. The first-order valence-electron chi connectivity index (χ1n) is 10.5. The minimum atomic E-state index is -0.794. The number of ketones is 1. The van der Waals surface area contributed by atoms with E-state index in [2.05, 4.69) is 0 Å². The highest BCUT2D eigenvalue weighted by molar-refractivity contribution is 6.46. The number of fused-ring (bicyclic) bond motifs is 1. The quantitative estimate of drug-likeness (QED) is 0.345. The van der Waals surface area contributed by atoms with E-state index in [1.165, 1.54) is 4.90 Å². The molecule has 2 aliphatic heterocycles. The molecule has 1 saturated heterocycles. The van der Waals surface area contributed by atoms with E-state index in [-0.39, 0.29) is 17.9 Å². The average molecular weight is 462 g/mol. The van der Waals surface area contributed by atoms with Crippen molar-refractivity contribution in [2.75, 3.05) is 13.2 Å². The Balaban J connectivity index is 1.64. The summed E-state index contributed by atoms with van der Waals surface area (Å²) in [5.74, 6) is -0.658. The molecule has 0 aromatic heterocycles. The van der Waals surface area contributed by atoms with E-state index < -0.39 is 17.7 Å². The van der Waals surface area contributed by atoms with Crippen molar-refractivity contribution >= 4 is 29.1 Å². The number of amides is 1. The van der Waals surface area contributed by atoms with Crippen molar-refractivity contribution in [2.24, 2.45) is 0 Å². The highest BCUT2D eigenvalue weighted by atomic mass is 35.5. The summed E-state index contributed by atoms with van der Waals surface area (Å²) in [4.78, 5) is 27.8. The van der Waals surface area contributed by atoms with Crippen molar-refractivity contribution in [3.63, 3.8) is 0 Å². The van der Waals surface area contributed by atoms with Gasteiger partial charge in [-0.05, 0) is 41.5 Å². The minimum absolute atomic E-state index is 0.00914. The van der Waals surface area contributed by atoms with Crippen LogP contribution in [0.3, 0.4) is 0 Å². The standard InChI is InChI=1S/C26H20ClNO5/c27-19-8-4-7-17(13-19)23-22(24(29)18-9-10-20-21(14-18)33-12-11-32-20)25(30)26(31)28(23)15-16-5-2-1-3-6-16/h1-10,13-14,23,29H,11-12,15H2/t23-/m0/s1. The normalized spacial score (nSPS) is 19.1. The Bertz CT molecular complexity index is 1270. The molecular formula is C26H20ClNO5. The van der Waals surface area contributed by atoms with Gasteiger partial charge in [0, 0.05) is 17.1 Å². The monoisotopic (exact) mass is 461 g/mol. The molecule has 1 atom stereocenters. The van der Waals surface area contributed by atoms with Crippen LogP contribution in [0.25, 0.3) is 5.76 Å². The molecule has 2 heterocycles. The predicted octanol–water partition coefficient (Wildman–Crippen LogP) is 4.73. The van der Waals surface area contributed by atoms with E-state index in [0.717, 1.165) is 5.56 Å². The van der Waals surface area contributed by atoms with Crippen LogP contribution in [0.2, 0.25) is 5.02 Å². The zero-order valence-corrected chi connectivity index (χ0v) is 18.3. The summed E-state index contributed by atoms with van der Waals surface area (Å²) < 4.78 is 11.2. The highest BCUT2D eigenvalue weighted by Gasteiger charge is 2.46. The van der Waals surface area contributed by atoms with Gasteiger partial charge in [0.1, 0.15) is 19.0 Å². The summed E-state index contributed by atoms with van der Waals surface area (Å²) in [5.41, 5.74) is 1.88. The molecule has 166 valence electrons. The molecule has 1 fully saturated rings. The summed E-state index contributed by atoms with van der Waals surface area (Å²) in [6.45, 7) is 1.04. The summed E-state index contributed by atoms with van der Waals surface area (Å²) in [7, 11) is 0. The molecule has 0 saturated carbocycles. The van der Waals surface area contributed by atoms with Crippen LogP contribution >= 0.6 is 11.6 Å². The third kappa shape index (κ3) is 3.94. The van der Waals surface area contributed by atoms with Crippen molar-refractivity contribution in [1.29, 1.82) is 0 Å². The molecular weight excluding hydrogens is 442 g/mol. The summed E-state index contributed by atoms with van der Waals surface area (Å²) in [5, 5.41) is 11.7. The van der Waals surface area contributed by atoms with Gasteiger partial charge in [-0.1, -0.05) is 54.1 Å². The first kappa shape index (κ1) is 21.1. The van der Waals surface area contributed by atoms with Crippen LogP contribution in [0.1, 0.15) is 22.7 Å². The number of benzene rings is 3. The van der Waals surface area contributed by atoms with Gasteiger partial charge in [0.25, 0.3) is 11.7 Å². The number of Topliss-reactive ketones (excluding diaryl/α,β-unsaturated/α-hetero) is 1. The van der Waals surface area contributed by atoms with E-state index in [0.29, 0.717) is 40.9 Å². The van der Waals surface area contributed by atoms with E-state index in [4.69, 9.17) is 21.1 Å². The van der Waals surface area contributed by atoms with Crippen LogP contribution < -0.4 is 9.47 Å². The Morgan fingerprint density at radius 3 is 2.45 bits per heavy atom. The van der Waals surface area contributed by atoms with Gasteiger partial charge in [-0.15, -0.1) is 0 Å². The zero-order valence-electron chi connectivity index (χ0n) is 17.5. The van der Waals surface area contributed by atoms with Crippen LogP contribution in [-0.2, 0) is 16.1 Å². The minimum Gasteiger partial charge on any atom is -0.507 e. The third-order valence-corrected chi connectivity index (χ3v) is 5.95. The number of hydrogen-bond acceptors (Lipinski definition) is 5. The average Bonchev–Trinajstić information content (AvgIpc) is 3.09. The van der Waals surface area contributed by atoms with Crippen molar-refractivity contribution in [1.82, 2.24) is 4.90 Å². The molecule has 1 N–H and O–H groups in total. The van der Waals surface area contributed by atoms with Crippen molar-refractivity contribution in [2.45, 2.75) is 12.6 Å². The Morgan fingerprint density at radius 1 is 0.939 bits per heavy atom. The van der Waals surface area contributed by atoms with Crippen LogP contribution in [0.15, 0.2) is 78.4 Å². The maximum absolute atomic E-state index is 13.2. The fourth-order valence-corrected chi connectivity index (χ4v) is 4.39. The summed E-state index contributed by atoms with van der Waals surface area (Å²) in [6, 6.07) is 20.5. The lowest BCUT2D eigenvalue weighted by Gasteiger charge is -2.25. The van der Waals surface area contributed by atoms with Crippen molar-refractivity contribution in [3.05, 3.63) is 100 Å². The van der Waals surface area contributed by atoms with E-state index in [9.17, 15) is 14.7 Å². The maximum Gasteiger partial charge on any atom is 0.295 e. The molecule has 2 aliphatic rings. The maximum atomic E-state index is 13.2. The first-order valence-corrected chi connectivity index (χ1v) is 10.9. The topological polar surface area (TPSA) is 76.1 Å². The van der Waals surface area contributed by atoms with Gasteiger partial charge in [-0.25, -0.2) is 0 Å². The predicted molar refractivity (Wildman–Crippen MR) is 123 cm³/mol. The van der Waals surface area contributed by atoms with E-state index >= 15 is 0 Å². The van der Waals surface area contributed by atoms with Crippen LogP contribution in [0, 0.1) is 0 Å². The Kier molecular flexibility index (Phi) is 5.52. The van der Waals surface area contributed by atoms with Gasteiger partial charge in [0.15, 0.2) is 11.5 Å². The molecule has 5 rings (SSSR count). The third-order valence-electron chi connectivity index (χ3n) is 5.72. The molecule has 0 unspecified atom stereocenters. The molecule has 7 heteroatoms. The van der Waals surface area contributed by atoms with Gasteiger partial charge in [-0.3, -0.25) is 9.59 Å². The molecule has 1 amide bonds. The fraction of sp³-hybridized carbons (Fsp3) is 0.154. The van der Waals surface area contributed by atoms with Gasteiger partial charge >= 0.3 is 0 Å². The van der Waals surface area contributed by atoms with Crippen LogP contribution in [-0.4, -0.2) is 34.9 Å². The van der Waals surface area contributed by atoms with Crippen molar-refractivity contribution < 1.29 is 24.2 Å². The second-order valence-corrected chi connectivity index (χ2v) is 8.26. The highest BCUT2D eigenvalue weighted by Crippen LogP contribution is 2.42. The number of rotatable bonds is 4. The molecule has 0 bridgehead atoms. The molecule has 3 aromatic carbocycles. The lowest BCUT2D eigenvalue weighted by Crippen LogP contribution is -2.29. The smallest absolute Gasteiger partial charge is 0.295 e. The first-order chi connectivity index (χ1) is 16.0. The second kappa shape index (κ2) is 8.64. The number of carbonyl (C=O) groups is 2. The fourth-order valence-electron chi connectivity index (χ4n) is 4.19. The number of hydrogen-bond donors (Lipinski definition) is 1. The van der Waals surface area contributed by atoms with E-state index in [1.807, 2.05) is 30.3 Å². The van der Waals surface area contributed by atoms with Crippen LogP contribution in [0.5, 0.6) is 11.5 Å². The largest absolute Gasteiger partial charge is 0.507 e. The number of ether oxygens (including phenoxy) is 2. The molecule has 33 heavy (non-hydrogen) atoms. The molecule has 0 radical (unpaired) electrons. The number of halogens is 1. The Labute approximate surface area is 195 Å². The van der Waals surface area contributed by atoms with E-state index in [1.54, 1.807) is 42.5 Å². The summed E-state index contributed by atoms with van der Waals surface area (Å²) >= 11 is 6.23. The van der Waals surface area contributed by atoms with Crippen LogP contribution in [0.4, 0.5) is 0 Å². The molecule has 6 nitrogen and oxygen atoms in total. The zero-order chi connectivity index (χ0) is 22.9. The van der Waals surface area contributed by atoms with Gasteiger partial charge < -0.3 is 19.5 Å². The lowest BCUT2D eigenvalue weighted by atomic mass is 9.95. The number of carbonyl (C=O) groups excluding carboxylic acids is 2. The second-order valence-electron chi connectivity index (χ2n) is 7.83. The lowest BCUT2D eigenvalue weighted by molar-refractivity contribution is -0.140. The van der Waals surface area contributed by atoms with Gasteiger partial charge in [-0.2, -0.15) is 0 Å². The number of aliphatic hydroxyl groups excluding tert-OH is 1. The Morgan fingerprint density at radius 2 is 1.70 bits per heavy atom. The van der Waals surface area contributed by atoms with Crippen molar-refractivity contribution in [3.8, 4) is 11.5 Å². The number of aliphatic hydroxyl groups is 1. The molecule has 3 aromatic rings.